The Balaban J connectivity index is 1.78. The minimum absolute atomic E-state index is 0.0296. The zero-order valence-corrected chi connectivity index (χ0v) is 18.0. The highest BCUT2D eigenvalue weighted by Gasteiger charge is 2.49. The lowest BCUT2D eigenvalue weighted by Crippen LogP contribution is -2.41. The van der Waals surface area contributed by atoms with Crippen LogP contribution in [0.5, 0.6) is 0 Å². The molecule has 0 amide bonds. The number of rotatable bonds is 2. The predicted molar refractivity (Wildman–Crippen MR) is 120 cm³/mol. The summed E-state index contributed by atoms with van der Waals surface area (Å²) in [6.07, 6.45) is 5.13. The van der Waals surface area contributed by atoms with Crippen molar-refractivity contribution in [1.82, 2.24) is 0 Å². The highest BCUT2D eigenvalue weighted by molar-refractivity contribution is 8.01. The second-order valence-corrected chi connectivity index (χ2v) is 9.54. The maximum absolute atomic E-state index is 13.7. The standard InChI is InChI=1S/C25H21FN2O2S/c1-16-5-7-17(8-6-16)21-20(15-27)24(29)30-23-22(21)31-25(13-3-2-4-14-25)28(23)19-11-9-18(26)10-12-19/h5-12H,2-4,13-14H2,1H3. The maximum Gasteiger partial charge on any atom is 0.356 e. The Morgan fingerprint density at radius 3 is 2.39 bits per heavy atom. The van der Waals surface area contributed by atoms with Gasteiger partial charge in [0.15, 0.2) is 0 Å². The second kappa shape index (κ2) is 7.58. The average Bonchev–Trinajstić information content (AvgIpc) is 3.07. The summed E-state index contributed by atoms with van der Waals surface area (Å²) in [7, 11) is 0. The molecule has 2 heterocycles. The van der Waals surface area contributed by atoms with E-state index in [1.165, 1.54) is 12.1 Å². The first-order chi connectivity index (χ1) is 15.0. The highest BCUT2D eigenvalue weighted by Crippen LogP contribution is 2.61. The number of hydrogen-bond donors (Lipinski definition) is 0. The molecule has 6 heteroatoms. The zero-order valence-electron chi connectivity index (χ0n) is 17.2. The van der Waals surface area contributed by atoms with Crippen molar-refractivity contribution in [2.75, 3.05) is 4.90 Å². The van der Waals surface area contributed by atoms with E-state index < -0.39 is 5.63 Å². The van der Waals surface area contributed by atoms with Crippen LogP contribution in [0.25, 0.3) is 11.1 Å². The Morgan fingerprint density at radius 1 is 1.06 bits per heavy atom. The Morgan fingerprint density at radius 2 is 1.74 bits per heavy atom. The van der Waals surface area contributed by atoms with Crippen molar-refractivity contribution < 1.29 is 8.81 Å². The van der Waals surface area contributed by atoms with Crippen LogP contribution < -0.4 is 10.5 Å². The van der Waals surface area contributed by atoms with Crippen molar-refractivity contribution in [3.05, 3.63) is 75.9 Å². The molecule has 3 aromatic rings. The SMILES string of the molecule is Cc1ccc(-c2c3c(oc(=O)c2C#N)N(c2ccc(F)cc2)C2(CCCCC2)S3)cc1. The van der Waals surface area contributed by atoms with Gasteiger partial charge < -0.3 is 4.42 Å². The van der Waals surface area contributed by atoms with Crippen LogP contribution in [-0.2, 0) is 0 Å². The van der Waals surface area contributed by atoms with E-state index in [0.29, 0.717) is 11.4 Å². The van der Waals surface area contributed by atoms with E-state index in [1.807, 2.05) is 31.2 Å². The number of thioether (sulfide) groups is 1. The van der Waals surface area contributed by atoms with Crippen LogP contribution in [0.1, 0.15) is 43.2 Å². The van der Waals surface area contributed by atoms with Crippen LogP contribution in [0.3, 0.4) is 0 Å². The summed E-state index contributed by atoms with van der Waals surface area (Å²) in [4.78, 5) is 15.4. The van der Waals surface area contributed by atoms with Crippen LogP contribution in [0.15, 0.2) is 62.6 Å². The van der Waals surface area contributed by atoms with E-state index >= 15 is 0 Å². The number of nitriles is 1. The van der Waals surface area contributed by atoms with E-state index in [0.717, 1.165) is 53.8 Å². The van der Waals surface area contributed by atoms with Crippen molar-refractivity contribution in [2.45, 2.75) is 48.8 Å². The van der Waals surface area contributed by atoms with Crippen LogP contribution in [0, 0.1) is 24.1 Å². The van der Waals surface area contributed by atoms with Crippen molar-refractivity contribution in [1.29, 1.82) is 5.26 Å². The topological polar surface area (TPSA) is 57.2 Å². The molecule has 0 radical (unpaired) electrons. The summed E-state index contributed by atoms with van der Waals surface area (Å²) >= 11 is 1.68. The first kappa shape index (κ1) is 19.9. The van der Waals surface area contributed by atoms with Crippen molar-refractivity contribution in [2.24, 2.45) is 0 Å². The Kier molecular flexibility index (Phi) is 4.86. The lowest BCUT2D eigenvalue weighted by molar-refractivity contribution is 0.387. The van der Waals surface area contributed by atoms with Gasteiger partial charge in [0.05, 0.1) is 9.77 Å². The molecule has 31 heavy (non-hydrogen) atoms. The van der Waals surface area contributed by atoms with Crippen molar-refractivity contribution >= 4 is 23.3 Å². The van der Waals surface area contributed by atoms with Gasteiger partial charge in [0.2, 0.25) is 5.88 Å². The smallest absolute Gasteiger partial charge is 0.356 e. The quantitative estimate of drug-likeness (QED) is 0.461. The van der Waals surface area contributed by atoms with Gasteiger partial charge in [0.25, 0.3) is 0 Å². The number of benzene rings is 2. The zero-order chi connectivity index (χ0) is 21.6. The maximum atomic E-state index is 13.7. The number of fused-ring (bicyclic) bond motifs is 1. The largest absolute Gasteiger partial charge is 0.404 e. The number of aryl methyl sites for hydroxylation is 1. The summed E-state index contributed by atoms with van der Waals surface area (Å²) in [5.74, 6) is 0.147. The average molecular weight is 433 g/mol. The highest BCUT2D eigenvalue weighted by atomic mass is 32.2. The molecule has 0 atom stereocenters. The van der Waals surface area contributed by atoms with Gasteiger partial charge in [-0.1, -0.05) is 60.9 Å². The fourth-order valence-electron chi connectivity index (χ4n) is 4.64. The molecule has 1 aliphatic carbocycles. The Bertz CT molecular complexity index is 1240. The third-order valence-electron chi connectivity index (χ3n) is 6.14. The molecule has 1 spiro atoms. The molecule has 5 rings (SSSR count). The summed E-state index contributed by atoms with van der Waals surface area (Å²) < 4.78 is 19.4. The molecule has 2 aromatic carbocycles. The molecule has 0 unspecified atom stereocenters. The van der Waals surface area contributed by atoms with Gasteiger partial charge in [0.1, 0.15) is 17.4 Å². The van der Waals surface area contributed by atoms with Gasteiger partial charge in [-0.3, -0.25) is 4.90 Å². The molecule has 0 N–H and O–H groups in total. The van der Waals surface area contributed by atoms with E-state index in [-0.39, 0.29) is 16.3 Å². The first-order valence-corrected chi connectivity index (χ1v) is 11.3. The summed E-state index contributed by atoms with van der Waals surface area (Å²) in [5, 5.41) is 9.79. The molecule has 1 fully saturated rings. The van der Waals surface area contributed by atoms with Crippen LogP contribution >= 0.6 is 11.8 Å². The first-order valence-electron chi connectivity index (χ1n) is 10.5. The molecule has 0 saturated heterocycles. The van der Waals surface area contributed by atoms with Crippen LogP contribution in [-0.4, -0.2) is 4.87 Å². The van der Waals surface area contributed by atoms with Crippen molar-refractivity contribution in [3.8, 4) is 17.2 Å². The normalized spacial score (nSPS) is 16.9. The molecule has 0 bridgehead atoms. The van der Waals surface area contributed by atoms with E-state index in [2.05, 4.69) is 11.0 Å². The lowest BCUT2D eigenvalue weighted by atomic mass is 9.93. The number of hydrogen-bond acceptors (Lipinski definition) is 5. The third kappa shape index (κ3) is 3.24. The minimum atomic E-state index is -0.641. The monoisotopic (exact) mass is 432 g/mol. The molecule has 1 aliphatic heterocycles. The third-order valence-corrected chi connectivity index (χ3v) is 7.69. The molecular weight excluding hydrogens is 411 g/mol. The van der Waals surface area contributed by atoms with E-state index in [1.54, 1.807) is 23.9 Å². The van der Waals surface area contributed by atoms with Crippen LogP contribution in [0.4, 0.5) is 16.0 Å². The second-order valence-electron chi connectivity index (χ2n) is 8.17. The number of nitrogens with zero attached hydrogens (tertiary/aromatic N) is 2. The molecule has 1 saturated carbocycles. The fraction of sp³-hybridized carbons (Fsp3) is 0.280. The number of anilines is 2. The Labute approximate surface area is 184 Å². The number of halogens is 1. The molecule has 156 valence electrons. The van der Waals surface area contributed by atoms with Gasteiger partial charge >= 0.3 is 5.63 Å². The lowest BCUT2D eigenvalue weighted by Gasteiger charge is -2.41. The van der Waals surface area contributed by atoms with Gasteiger partial charge in [-0.05, 0) is 49.6 Å². The fourth-order valence-corrected chi connectivity index (χ4v) is 6.33. The molecule has 2 aliphatic rings. The minimum Gasteiger partial charge on any atom is -0.404 e. The van der Waals surface area contributed by atoms with E-state index in [9.17, 15) is 14.4 Å². The summed E-state index contributed by atoms with van der Waals surface area (Å²) in [5.41, 5.74) is 2.74. The van der Waals surface area contributed by atoms with Gasteiger partial charge in [0, 0.05) is 11.3 Å². The van der Waals surface area contributed by atoms with Gasteiger partial charge in [-0.25, -0.2) is 9.18 Å². The van der Waals surface area contributed by atoms with Gasteiger partial charge in [-0.15, -0.1) is 0 Å². The molecule has 4 nitrogen and oxygen atoms in total. The Hall–Kier alpha value is -3.04. The van der Waals surface area contributed by atoms with Crippen LogP contribution in [0.2, 0.25) is 0 Å². The van der Waals surface area contributed by atoms with Crippen molar-refractivity contribution in [3.63, 3.8) is 0 Å². The summed E-state index contributed by atoms with van der Waals surface area (Å²) in [6, 6.07) is 16.2. The van der Waals surface area contributed by atoms with E-state index in [4.69, 9.17) is 4.42 Å². The summed E-state index contributed by atoms with van der Waals surface area (Å²) in [6.45, 7) is 2.00. The van der Waals surface area contributed by atoms with Gasteiger partial charge in [-0.2, -0.15) is 5.26 Å². The molecule has 1 aromatic heterocycles. The predicted octanol–water partition coefficient (Wildman–Crippen LogP) is 6.53. The molecular formula is C25H21FN2O2S.